The minimum absolute atomic E-state index is 0.0356. The molecular formula is C12H13N5O2S. The van der Waals surface area contributed by atoms with Gasteiger partial charge in [-0.25, -0.2) is 0 Å². The molecule has 3 N–H and O–H groups in total. The molecule has 1 amide bonds. The van der Waals surface area contributed by atoms with Crippen LogP contribution < -0.4 is 5.32 Å². The number of aromatic amines is 1. The maximum Gasteiger partial charge on any atom is 0.252 e. The quantitative estimate of drug-likeness (QED) is 0.711. The first-order chi connectivity index (χ1) is 9.70. The molecule has 0 saturated heterocycles. The third-order valence-corrected chi connectivity index (χ3v) is 3.25. The van der Waals surface area contributed by atoms with E-state index in [0.717, 1.165) is 4.88 Å². The molecule has 0 aliphatic rings. The zero-order valence-electron chi connectivity index (χ0n) is 10.8. The second-order valence-electron chi connectivity index (χ2n) is 3.94. The second-order valence-corrected chi connectivity index (χ2v) is 4.85. The van der Waals surface area contributed by atoms with Gasteiger partial charge in [0.2, 0.25) is 0 Å². The summed E-state index contributed by atoms with van der Waals surface area (Å²) >= 11 is 1.39. The lowest BCUT2D eigenvalue weighted by Crippen LogP contribution is -2.27. The number of H-pyrrole nitrogens is 1. The van der Waals surface area contributed by atoms with E-state index in [1.54, 1.807) is 18.4 Å². The van der Waals surface area contributed by atoms with Gasteiger partial charge in [0.1, 0.15) is 0 Å². The number of tetrazole rings is 1. The Labute approximate surface area is 119 Å². The first kappa shape index (κ1) is 14.2. The Bertz CT molecular complexity index is 626. The van der Waals surface area contributed by atoms with Gasteiger partial charge in [-0.3, -0.25) is 4.79 Å². The average molecular weight is 291 g/mol. The number of hydrogen-bond acceptors (Lipinski definition) is 6. The molecule has 2 aromatic heterocycles. The fourth-order valence-corrected chi connectivity index (χ4v) is 2.18. The maximum atomic E-state index is 12.0. The summed E-state index contributed by atoms with van der Waals surface area (Å²) in [5, 5.41) is 26.6. The third kappa shape index (κ3) is 3.63. The van der Waals surface area contributed by atoms with Crippen molar-refractivity contribution in [2.24, 2.45) is 0 Å². The zero-order valence-corrected chi connectivity index (χ0v) is 11.6. The highest BCUT2D eigenvalue weighted by Gasteiger charge is 2.15. The van der Waals surface area contributed by atoms with Gasteiger partial charge in [-0.2, -0.15) is 5.21 Å². The van der Waals surface area contributed by atoms with Gasteiger partial charge in [-0.05, 0) is 13.0 Å². The molecular weight excluding hydrogens is 278 g/mol. The first-order valence-corrected chi connectivity index (χ1v) is 6.81. The van der Waals surface area contributed by atoms with E-state index in [1.165, 1.54) is 11.3 Å². The minimum atomic E-state index is -0.329. The van der Waals surface area contributed by atoms with E-state index in [9.17, 15) is 4.79 Å². The molecule has 2 heterocycles. The Hall–Kier alpha value is -2.24. The number of rotatable bonds is 4. The van der Waals surface area contributed by atoms with E-state index in [0.29, 0.717) is 17.8 Å². The summed E-state index contributed by atoms with van der Waals surface area (Å²) in [6.07, 6.45) is 0.425. The van der Waals surface area contributed by atoms with E-state index < -0.39 is 0 Å². The summed E-state index contributed by atoms with van der Waals surface area (Å²) in [5.41, 5.74) is 0.540. The Kier molecular flexibility index (Phi) is 4.81. The Morgan fingerprint density at radius 3 is 3.20 bits per heavy atom. The van der Waals surface area contributed by atoms with Crippen molar-refractivity contribution in [1.82, 2.24) is 25.9 Å². The first-order valence-electron chi connectivity index (χ1n) is 5.93. The Morgan fingerprint density at radius 2 is 2.50 bits per heavy atom. The van der Waals surface area contributed by atoms with E-state index >= 15 is 0 Å². The van der Waals surface area contributed by atoms with Crippen LogP contribution in [0.15, 0.2) is 11.4 Å². The molecule has 1 atom stereocenters. The van der Waals surface area contributed by atoms with Crippen LogP contribution in [0.25, 0.3) is 0 Å². The molecule has 0 aliphatic heterocycles. The molecule has 0 aromatic carbocycles. The van der Waals surface area contributed by atoms with E-state index in [1.807, 2.05) is 0 Å². The van der Waals surface area contributed by atoms with Crippen LogP contribution in [-0.2, 0) is 0 Å². The molecule has 104 valence electrons. The van der Waals surface area contributed by atoms with Crippen LogP contribution in [0.4, 0.5) is 0 Å². The van der Waals surface area contributed by atoms with Crippen molar-refractivity contribution in [2.45, 2.75) is 19.4 Å². The summed E-state index contributed by atoms with van der Waals surface area (Å²) < 4.78 is 0. The summed E-state index contributed by atoms with van der Waals surface area (Å²) in [5.74, 6) is 5.92. The number of amides is 1. The standard InChI is InChI=1S/C12H13N5O2S/c1-8(11-14-16-17-15-11)13-12(19)9-6-10(20-7-9)4-2-3-5-18/h6-8,18H,3,5H2,1H3,(H,13,19)(H,14,15,16,17). The number of aliphatic hydroxyl groups excluding tert-OH is 1. The van der Waals surface area contributed by atoms with Crippen LogP contribution in [0.3, 0.4) is 0 Å². The highest BCUT2D eigenvalue weighted by Crippen LogP contribution is 2.15. The molecule has 2 rings (SSSR count). The van der Waals surface area contributed by atoms with Crippen LogP contribution >= 0.6 is 11.3 Å². The Balaban J connectivity index is 1.98. The number of carbonyl (C=O) groups is 1. The predicted molar refractivity (Wildman–Crippen MR) is 73.0 cm³/mol. The van der Waals surface area contributed by atoms with Crippen LogP contribution in [0.1, 0.15) is 40.4 Å². The van der Waals surface area contributed by atoms with Gasteiger partial charge >= 0.3 is 0 Å². The number of nitrogens with zero attached hydrogens (tertiary/aromatic N) is 3. The SMILES string of the molecule is CC(NC(=O)c1csc(C#CCCO)c1)c1nn[nH]n1. The fourth-order valence-electron chi connectivity index (χ4n) is 1.42. The Morgan fingerprint density at radius 1 is 1.65 bits per heavy atom. The number of nitrogens with one attached hydrogen (secondary N) is 2. The monoisotopic (exact) mass is 291 g/mol. The fraction of sp³-hybridized carbons (Fsp3) is 0.333. The van der Waals surface area contributed by atoms with Gasteiger partial charge in [0.15, 0.2) is 5.82 Å². The lowest BCUT2D eigenvalue weighted by atomic mass is 10.2. The number of thiophene rings is 1. The number of aromatic nitrogens is 4. The van der Waals surface area contributed by atoms with Crippen molar-refractivity contribution < 1.29 is 9.90 Å². The van der Waals surface area contributed by atoms with Crippen LogP contribution in [-0.4, -0.2) is 38.2 Å². The molecule has 2 aromatic rings. The van der Waals surface area contributed by atoms with Crippen molar-refractivity contribution in [2.75, 3.05) is 6.61 Å². The molecule has 0 fully saturated rings. The van der Waals surface area contributed by atoms with Crippen LogP contribution in [0.2, 0.25) is 0 Å². The van der Waals surface area contributed by atoms with Crippen LogP contribution in [0.5, 0.6) is 0 Å². The molecule has 0 bridgehead atoms. The van der Waals surface area contributed by atoms with Gasteiger partial charge in [0, 0.05) is 11.8 Å². The average Bonchev–Trinajstić information content (AvgIpc) is 3.10. The van der Waals surface area contributed by atoms with Crippen molar-refractivity contribution in [3.63, 3.8) is 0 Å². The smallest absolute Gasteiger partial charge is 0.252 e. The van der Waals surface area contributed by atoms with E-state index in [-0.39, 0.29) is 18.6 Å². The summed E-state index contributed by atoms with van der Waals surface area (Å²) in [4.78, 5) is 12.8. The zero-order chi connectivity index (χ0) is 14.4. The topological polar surface area (TPSA) is 104 Å². The van der Waals surface area contributed by atoms with Gasteiger partial charge in [-0.1, -0.05) is 17.1 Å². The summed E-state index contributed by atoms with van der Waals surface area (Å²) in [6, 6.07) is 1.39. The number of aliphatic hydroxyl groups is 1. The maximum absolute atomic E-state index is 12.0. The van der Waals surface area contributed by atoms with Gasteiger partial charge < -0.3 is 10.4 Å². The molecule has 1 unspecified atom stereocenters. The lowest BCUT2D eigenvalue weighted by molar-refractivity contribution is 0.0938. The molecule has 7 nitrogen and oxygen atoms in total. The predicted octanol–water partition coefficient (Wildman–Crippen LogP) is 0.486. The largest absolute Gasteiger partial charge is 0.395 e. The third-order valence-electron chi connectivity index (χ3n) is 2.41. The number of carbonyl (C=O) groups excluding carboxylic acids is 1. The highest BCUT2D eigenvalue weighted by atomic mass is 32.1. The van der Waals surface area contributed by atoms with E-state index in [4.69, 9.17) is 5.11 Å². The van der Waals surface area contributed by atoms with Crippen molar-refractivity contribution in [1.29, 1.82) is 0 Å². The van der Waals surface area contributed by atoms with Gasteiger partial charge in [0.25, 0.3) is 5.91 Å². The second kappa shape index (κ2) is 6.79. The lowest BCUT2D eigenvalue weighted by Gasteiger charge is -2.08. The molecule has 20 heavy (non-hydrogen) atoms. The highest BCUT2D eigenvalue weighted by molar-refractivity contribution is 7.10. The number of hydrogen-bond donors (Lipinski definition) is 3. The summed E-state index contributed by atoms with van der Waals surface area (Å²) in [7, 11) is 0. The van der Waals surface area contributed by atoms with Crippen LogP contribution in [0, 0.1) is 11.8 Å². The van der Waals surface area contributed by atoms with Crippen molar-refractivity contribution >= 4 is 17.2 Å². The molecule has 0 spiro atoms. The molecule has 0 aliphatic carbocycles. The van der Waals surface area contributed by atoms with E-state index in [2.05, 4.69) is 37.8 Å². The summed E-state index contributed by atoms with van der Waals surface area (Å²) in [6.45, 7) is 1.81. The normalized spacial score (nSPS) is 11.5. The minimum Gasteiger partial charge on any atom is -0.395 e. The molecule has 8 heteroatoms. The molecule has 0 saturated carbocycles. The van der Waals surface area contributed by atoms with Crippen molar-refractivity contribution in [3.8, 4) is 11.8 Å². The van der Waals surface area contributed by atoms with Gasteiger partial charge in [0.05, 0.1) is 23.1 Å². The van der Waals surface area contributed by atoms with Gasteiger partial charge in [-0.15, -0.1) is 21.5 Å². The molecule has 0 radical (unpaired) electrons. The van der Waals surface area contributed by atoms with Crippen molar-refractivity contribution in [3.05, 3.63) is 27.7 Å².